The molecule has 1 amide bonds. The van der Waals surface area contributed by atoms with Gasteiger partial charge in [-0.25, -0.2) is 14.4 Å². The lowest BCUT2D eigenvalue weighted by atomic mass is 9.86. The van der Waals surface area contributed by atoms with E-state index >= 15 is 0 Å². The number of hydrogen-bond acceptors (Lipinski definition) is 5. The first kappa shape index (κ1) is 17.9. The first-order valence-corrected chi connectivity index (χ1v) is 9.38. The molecule has 6 nitrogen and oxygen atoms in total. The van der Waals surface area contributed by atoms with E-state index in [-0.39, 0.29) is 17.6 Å². The Morgan fingerprint density at radius 2 is 2.19 bits per heavy atom. The smallest absolute Gasteiger partial charge is 0.225 e. The number of benzene rings is 1. The number of aryl methyl sites for hydroxylation is 1. The highest BCUT2D eigenvalue weighted by molar-refractivity contribution is 5.79. The quantitative estimate of drug-likeness (QED) is 0.890. The second-order valence-electron chi connectivity index (χ2n) is 7.03. The van der Waals surface area contributed by atoms with Crippen LogP contribution in [-0.4, -0.2) is 42.2 Å². The number of halogens is 1. The van der Waals surface area contributed by atoms with Crippen molar-refractivity contribution < 1.29 is 13.9 Å². The topological polar surface area (TPSA) is 67.4 Å². The summed E-state index contributed by atoms with van der Waals surface area (Å²) in [5.41, 5.74) is 2.85. The molecule has 1 fully saturated rings. The molecule has 142 valence electrons. The molecule has 1 saturated heterocycles. The molecule has 1 aliphatic heterocycles. The largest absolute Gasteiger partial charge is 0.378 e. The van der Waals surface area contributed by atoms with Crippen LogP contribution in [0.3, 0.4) is 0 Å². The number of nitrogens with one attached hydrogen (secondary N) is 1. The Bertz CT molecular complexity index is 823. The first-order valence-electron chi connectivity index (χ1n) is 9.38. The van der Waals surface area contributed by atoms with Crippen LogP contribution in [0, 0.1) is 11.7 Å². The van der Waals surface area contributed by atoms with Crippen molar-refractivity contribution in [2.75, 3.05) is 31.2 Å². The van der Waals surface area contributed by atoms with E-state index in [1.807, 2.05) is 6.20 Å². The zero-order chi connectivity index (χ0) is 18.6. The summed E-state index contributed by atoms with van der Waals surface area (Å²) in [5.74, 6) is 0.374. The SMILES string of the molecule is O=C(NCc1cccc(F)c1)C1CCc2nc(N3CCOCC3)ncc2C1. The van der Waals surface area contributed by atoms with Crippen LogP contribution in [0.4, 0.5) is 10.3 Å². The fourth-order valence-electron chi connectivity index (χ4n) is 3.62. The van der Waals surface area contributed by atoms with E-state index in [9.17, 15) is 9.18 Å². The molecule has 1 aliphatic carbocycles. The third-order valence-corrected chi connectivity index (χ3v) is 5.16. The van der Waals surface area contributed by atoms with Crippen molar-refractivity contribution in [2.24, 2.45) is 5.92 Å². The summed E-state index contributed by atoms with van der Waals surface area (Å²) in [6.45, 7) is 3.36. The lowest BCUT2D eigenvalue weighted by molar-refractivity contribution is -0.125. The summed E-state index contributed by atoms with van der Waals surface area (Å²) >= 11 is 0. The monoisotopic (exact) mass is 370 g/mol. The molecule has 7 heteroatoms. The van der Waals surface area contributed by atoms with Gasteiger partial charge in [0.1, 0.15) is 5.82 Å². The molecular formula is C20H23FN4O2. The second-order valence-corrected chi connectivity index (χ2v) is 7.03. The van der Waals surface area contributed by atoms with Gasteiger partial charge in [0.05, 0.1) is 13.2 Å². The van der Waals surface area contributed by atoms with Gasteiger partial charge in [0.15, 0.2) is 0 Å². The van der Waals surface area contributed by atoms with Gasteiger partial charge in [-0.05, 0) is 42.5 Å². The molecule has 1 aromatic carbocycles. The zero-order valence-electron chi connectivity index (χ0n) is 15.2. The van der Waals surface area contributed by atoms with Crippen molar-refractivity contribution in [3.8, 4) is 0 Å². The van der Waals surface area contributed by atoms with Crippen molar-refractivity contribution in [2.45, 2.75) is 25.8 Å². The summed E-state index contributed by atoms with van der Waals surface area (Å²) in [6.07, 6.45) is 4.04. The van der Waals surface area contributed by atoms with Crippen LogP contribution in [0.1, 0.15) is 23.2 Å². The summed E-state index contributed by atoms with van der Waals surface area (Å²) in [4.78, 5) is 23.9. The maximum absolute atomic E-state index is 13.2. The van der Waals surface area contributed by atoms with Crippen LogP contribution in [0.25, 0.3) is 0 Å². The Morgan fingerprint density at radius 3 is 3.00 bits per heavy atom. The molecule has 2 aromatic rings. The van der Waals surface area contributed by atoms with Crippen molar-refractivity contribution in [1.29, 1.82) is 0 Å². The molecule has 0 spiro atoms. The Morgan fingerprint density at radius 1 is 1.33 bits per heavy atom. The van der Waals surface area contributed by atoms with Gasteiger partial charge in [-0.15, -0.1) is 0 Å². The number of anilines is 1. The van der Waals surface area contributed by atoms with E-state index in [4.69, 9.17) is 9.72 Å². The summed E-state index contributed by atoms with van der Waals surface area (Å²) in [6, 6.07) is 6.30. The minimum Gasteiger partial charge on any atom is -0.378 e. The van der Waals surface area contributed by atoms with E-state index in [0.717, 1.165) is 48.7 Å². The highest BCUT2D eigenvalue weighted by atomic mass is 19.1. The van der Waals surface area contributed by atoms with E-state index in [2.05, 4.69) is 15.2 Å². The molecule has 1 unspecified atom stereocenters. The average molecular weight is 370 g/mol. The zero-order valence-corrected chi connectivity index (χ0v) is 15.2. The molecule has 0 radical (unpaired) electrons. The number of nitrogens with zero attached hydrogens (tertiary/aromatic N) is 3. The van der Waals surface area contributed by atoms with Gasteiger partial charge in [-0.3, -0.25) is 4.79 Å². The van der Waals surface area contributed by atoms with Crippen LogP contribution in [-0.2, 0) is 28.9 Å². The number of carbonyl (C=O) groups is 1. The summed E-state index contributed by atoms with van der Waals surface area (Å²) in [7, 11) is 0. The number of carbonyl (C=O) groups excluding carboxylic acids is 1. The van der Waals surface area contributed by atoms with Crippen molar-refractivity contribution in [3.05, 3.63) is 53.1 Å². The molecule has 4 rings (SSSR count). The second kappa shape index (κ2) is 8.00. The van der Waals surface area contributed by atoms with E-state index < -0.39 is 0 Å². The molecule has 2 heterocycles. The lowest BCUT2D eigenvalue weighted by Gasteiger charge is -2.28. The number of morpholine rings is 1. The van der Waals surface area contributed by atoms with Gasteiger partial charge in [0.2, 0.25) is 11.9 Å². The molecule has 1 aromatic heterocycles. The highest BCUT2D eigenvalue weighted by Gasteiger charge is 2.26. The molecule has 2 aliphatic rings. The molecule has 0 saturated carbocycles. The fraction of sp³-hybridized carbons (Fsp3) is 0.450. The lowest BCUT2D eigenvalue weighted by Crippen LogP contribution is -2.38. The van der Waals surface area contributed by atoms with Crippen LogP contribution < -0.4 is 10.2 Å². The summed E-state index contributed by atoms with van der Waals surface area (Å²) in [5, 5.41) is 2.92. The van der Waals surface area contributed by atoms with Crippen LogP contribution in [0.15, 0.2) is 30.5 Å². The van der Waals surface area contributed by atoms with Crippen LogP contribution in [0.2, 0.25) is 0 Å². The third-order valence-electron chi connectivity index (χ3n) is 5.16. The highest BCUT2D eigenvalue weighted by Crippen LogP contribution is 2.25. The maximum Gasteiger partial charge on any atom is 0.225 e. The van der Waals surface area contributed by atoms with E-state index in [1.54, 1.807) is 12.1 Å². The predicted octanol–water partition coefficient (Wildman–Crippen LogP) is 1.87. The van der Waals surface area contributed by atoms with Gasteiger partial charge in [0, 0.05) is 37.4 Å². The molecule has 0 bridgehead atoms. The van der Waals surface area contributed by atoms with Crippen LogP contribution >= 0.6 is 0 Å². The fourth-order valence-corrected chi connectivity index (χ4v) is 3.62. The standard InChI is InChI=1S/C20H23FN4O2/c21-17-3-1-2-14(10-17)12-22-19(26)15-4-5-18-16(11-15)13-23-20(24-18)25-6-8-27-9-7-25/h1-3,10,13,15H,4-9,11-12H2,(H,22,26). The predicted molar refractivity (Wildman–Crippen MR) is 98.8 cm³/mol. The van der Waals surface area contributed by atoms with Crippen molar-refractivity contribution in [1.82, 2.24) is 15.3 Å². The van der Waals surface area contributed by atoms with Gasteiger partial charge in [-0.2, -0.15) is 0 Å². The number of fused-ring (bicyclic) bond motifs is 1. The number of amides is 1. The average Bonchev–Trinajstić information content (AvgIpc) is 2.72. The minimum absolute atomic E-state index is 0.00201. The van der Waals surface area contributed by atoms with Gasteiger partial charge in [0.25, 0.3) is 0 Å². The Hall–Kier alpha value is -2.54. The van der Waals surface area contributed by atoms with Crippen molar-refractivity contribution >= 4 is 11.9 Å². The minimum atomic E-state index is -0.290. The number of rotatable bonds is 4. The Labute approximate surface area is 157 Å². The number of hydrogen-bond donors (Lipinski definition) is 1. The molecule has 1 N–H and O–H groups in total. The Balaban J connectivity index is 1.37. The van der Waals surface area contributed by atoms with E-state index in [1.165, 1.54) is 12.1 Å². The maximum atomic E-state index is 13.2. The normalized spacial score (nSPS) is 19.4. The summed E-state index contributed by atoms with van der Waals surface area (Å²) < 4.78 is 18.6. The number of aromatic nitrogens is 2. The molecule has 27 heavy (non-hydrogen) atoms. The third kappa shape index (κ3) is 4.24. The molecular weight excluding hydrogens is 347 g/mol. The van der Waals surface area contributed by atoms with E-state index in [0.29, 0.717) is 26.2 Å². The first-order chi connectivity index (χ1) is 13.2. The van der Waals surface area contributed by atoms with Gasteiger partial charge in [-0.1, -0.05) is 12.1 Å². The van der Waals surface area contributed by atoms with Gasteiger partial charge >= 0.3 is 0 Å². The van der Waals surface area contributed by atoms with Crippen molar-refractivity contribution in [3.63, 3.8) is 0 Å². The van der Waals surface area contributed by atoms with Crippen LogP contribution in [0.5, 0.6) is 0 Å². The Kier molecular flexibility index (Phi) is 5.29. The number of ether oxygens (including phenoxy) is 1. The molecule has 1 atom stereocenters. The van der Waals surface area contributed by atoms with Gasteiger partial charge < -0.3 is 15.0 Å².